The lowest BCUT2D eigenvalue weighted by Crippen LogP contribution is -2.55. The Kier molecular flexibility index (Phi) is 23.2. The summed E-state index contributed by atoms with van der Waals surface area (Å²) < 4.78 is 27.4. The fourth-order valence-electron chi connectivity index (χ4n) is 9.77. The van der Waals surface area contributed by atoms with Gasteiger partial charge < -0.3 is 50.0 Å². The Balaban J connectivity index is 1.59. The molecule has 1 saturated heterocycles. The van der Waals surface area contributed by atoms with Crippen molar-refractivity contribution < 1.29 is 57.3 Å². The molecule has 1 aliphatic rings. The maximum absolute atomic E-state index is 15.0. The van der Waals surface area contributed by atoms with Crippen LogP contribution in [0.15, 0.2) is 73.1 Å². The van der Waals surface area contributed by atoms with Crippen LogP contribution in [0.25, 0.3) is 0 Å². The van der Waals surface area contributed by atoms with E-state index in [1.807, 2.05) is 79.7 Å². The largest absolute Gasteiger partial charge is 0.451 e. The lowest BCUT2D eigenvalue weighted by atomic mass is 9.99. The van der Waals surface area contributed by atoms with E-state index >= 15 is 0 Å². The molecule has 1 fully saturated rings. The smallest absolute Gasteiger partial charge is 0.329 e. The van der Waals surface area contributed by atoms with E-state index in [-0.39, 0.29) is 62.2 Å². The number of hydrogen-bond acceptors (Lipinski definition) is 16. The number of ether oxygens (including phenoxy) is 4. The number of hydrogen-bond donors (Lipinski definition) is 2. The molecule has 82 heavy (non-hydrogen) atoms. The van der Waals surface area contributed by atoms with Gasteiger partial charge in [0, 0.05) is 41.0 Å². The Morgan fingerprint density at radius 3 is 0.915 bits per heavy atom. The number of rotatable bonds is 16. The summed E-state index contributed by atoms with van der Waals surface area (Å²) in [6.07, 6.45) is -2.97. The first-order valence-corrected chi connectivity index (χ1v) is 28.1. The molecular formula is C60H86N10O12. The second kappa shape index (κ2) is 29.3. The molecule has 4 amide bonds. The molecule has 22 heteroatoms. The summed E-state index contributed by atoms with van der Waals surface area (Å²) in [6, 6.07) is 12.5. The highest BCUT2D eigenvalue weighted by Gasteiger charge is 2.43. The topological polar surface area (TPSA) is 274 Å². The number of anilines is 2. The van der Waals surface area contributed by atoms with Crippen molar-refractivity contribution in [2.75, 3.05) is 39.7 Å². The van der Waals surface area contributed by atoms with E-state index in [0.717, 1.165) is 30.7 Å². The van der Waals surface area contributed by atoms with E-state index in [4.69, 9.17) is 30.4 Å². The lowest BCUT2D eigenvalue weighted by Gasteiger charge is -2.35. The van der Waals surface area contributed by atoms with Crippen LogP contribution in [0.1, 0.15) is 117 Å². The van der Waals surface area contributed by atoms with Crippen molar-refractivity contribution >= 4 is 59.1 Å². The lowest BCUT2D eigenvalue weighted by molar-refractivity contribution is -0.176. The number of nitrogens with two attached hydrogens (primary N) is 2. The van der Waals surface area contributed by atoms with Crippen LogP contribution in [-0.4, -0.2) is 163 Å². The summed E-state index contributed by atoms with van der Waals surface area (Å²) in [5.74, 6) is -6.67. The van der Waals surface area contributed by atoms with Gasteiger partial charge in [-0.2, -0.15) is 10.2 Å². The number of nitrogen functional groups attached to an aromatic ring is 2. The Bertz CT molecular complexity index is 2620. The van der Waals surface area contributed by atoms with Gasteiger partial charge >= 0.3 is 23.9 Å². The Labute approximate surface area is 482 Å². The molecular weight excluding hydrogens is 1050 g/mol. The zero-order chi connectivity index (χ0) is 60.9. The zero-order valence-corrected chi connectivity index (χ0v) is 50.1. The number of amides is 4. The monoisotopic (exact) mass is 1140 g/mol. The first kappa shape index (κ1) is 65.0. The molecule has 3 heterocycles. The third-order valence-corrected chi connectivity index (χ3v) is 14.5. The van der Waals surface area contributed by atoms with Crippen molar-refractivity contribution in [3.05, 3.63) is 95.3 Å². The maximum Gasteiger partial charge on any atom is 0.329 e. The van der Waals surface area contributed by atoms with Gasteiger partial charge in [0.2, 0.25) is 0 Å². The Hall–Kier alpha value is -7.78. The molecule has 1 aliphatic heterocycles. The normalized spacial score (nSPS) is 23.0. The van der Waals surface area contributed by atoms with Gasteiger partial charge in [0.15, 0.2) is 24.4 Å². The fraction of sp³-hybridized carbons (Fsp3) is 0.567. The van der Waals surface area contributed by atoms with Gasteiger partial charge in [0.25, 0.3) is 23.6 Å². The average molecular weight is 1140 g/mol. The minimum Gasteiger partial charge on any atom is -0.451 e. The van der Waals surface area contributed by atoms with Gasteiger partial charge in [-0.3, -0.25) is 19.2 Å². The van der Waals surface area contributed by atoms with Gasteiger partial charge in [0.05, 0.1) is 25.5 Å². The first-order chi connectivity index (χ1) is 38.6. The van der Waals surface area contributed by atoms with Crippen molar-refractivity contribution in [1.29, 1.82) is 0 Å². The number of likely N-dealkylation sites (N-methyl/N-ethyl adjacent to an activating group) is 4. The minimum absolute atomic E-state index is 0.0689. The second-order valence-electron chi connectivity index (χ2n) is 23.3. The molecule has 0 spiro atoms. The highest BCUT2D eigenvalue weighted by atomic mass is 16.6. The molecule has 448 valence electrons. The number of benzene rings is 2. The summed E-state index contributed by atoms with van der Waals surface area (Å²) in [4.78, 5) is 122. The molecule has 4 N–H and O–H groups in total. The van der Waals surface area contributed by atoms with E-state index in [2.05, 4.69) is 10.2 Å². The minimum atomic E-state index is -1.56. The zero-order valence-electron chi connectivity index (χ0n) is 50.1. The molecule has 0 radical (unpaired) electrons. The molecule has 5 rings (SSSR count). The molecule has 8 atom stereocenters. The molecule has 0 saturated carbocycles. The third kappa shape index (κ3) is 17.6. The number of carbonyl (C=O) groups excluding carboxylic acids is 8. The van der Waals surface area contributed by atoms with Gasteiger partial charge in [-0.25, -0.2) is 28.5 Å². The van der Waals surface area contributed by atoms with Crippen molar-refractivity contribution in [2.45, 2.75) is 169 Å². The van der Waals surface area contributed by atoms with Gasteiger partial charge in [-0.1, -0.05) is 104 Å². The SMILES string of the molecule is CC(C)C[C@H]1C(=O)O[C@H](Cc2ccc(Cn3nccc3N)cc2)C(=O)N(C)[C@@H](CC(C)C)C(=O)O[C@H](C)C(=O)N(C)[C@@H](CC(C)C)C(=O)O[C@H](Cc2ccc(Cn3nccc3N)cc2)C(=O)N(C)[C@@H](CC(C)C)C(=O)O[C@H](C)C(=O)N1C. The van der Waals surface area contributed by atoms with Crippen LogP contribution in [0.4, 0.5) is 11.6 Å². The van der Waals surface area contributed by atoms with Crippen molar-refractivity contribution in [2.24, 2.45) is 23.7 Å². The van der Waals surface area contributed by atoms with Crippen LogP contribution in [0.3, 0.4) is 0 Å². The number of nitrogens with zero attached hydrogens (tertiary/aromatic N) is 8. The Morgan fingerprint density at radius 2 is 0.659 bits per heavy atom. The highest BCUT2D eigenvalue weighted by molar-refractivity contribution is 5.94. The van der Waals surface area contributed by atoms with E-state index < -0.39 is 96.1 Å². The average Bonchev–Trinajstić information content (AvgIpc) is 4.03. The molecule has 2 aromatic carbocycles. The van der Waals surface area contributed by atoms with Gasteiger partial charge in [-0.15, -0.1) is 0 Å². The molecule has 22 nitrogen and oxygen atoms in total. The van der Waals surface area contributed by atoms with Gasteiger partial charge in [0.1, 0.15) is 35.8 Å². The number of cyclic esters (lactones) is 4. The highest BCUT2D eigenvalue weighted by Crippen LogP contribution is 2.25. The fourth-order valence-corrected chi connectivity index (χ4v) is 9.77. The predicted molar refractivity (Wildman–Crippen MR) is 307 cm³/mol. The van der Waals surface area contributed by atoms with Gasteiger partial charge in [-0.05, 0) is 97.6 Å². The van der Waals surface area contributed by atoms with Crippen molar-refractivity contribution in [3.8, 4) is 0 Å². The second-order valence-corrected chi connectivity index (χ2v) is 23.3. The molecule has 0 aliphatic carbocycles. The number of aromatic nitrogens is 4. The Morgan fingerprint density at radius 1 is 0.402 bits per heavy atom. The predicted octanol–water partition coefficient (Wildman–Crippen LogP) is 5.32. The van der Waals surface area contributed by atoms with Crippen LogP contribution in [-0.2, 0) is 83.2 Å². The van der Waals surface area contributed by atoms with E-state index in [0.29, 0.717) is 35.9 Å². The summed E-state index contributed by atoms with van der Waals surface area (Å²) in [5.41, 5.74) is 15.0. The summed E-state index contributed by atoms with van der Waals surface area (Å²) >= 11 is 0. The molecule has 4 aromatic rings. The van der Waals surface area contributed by atoms with Crippen molar-refractivity contribution in [3.63, 3.8) is 0 Å². The first-order valence-electron chi connectivity index (χ1n) is 28.1. The standard InChI is InChI=1S/C60H86N10O12/c1-35(2)27-45-57(75)79-39(9)53(71)65(11)48(30-38(7)8)60(78)82-50(32-42-17-21-44(22-18-42)34-70-52(62)24-26-64-70)56(74)68(14)46(28-36(3)4)58(76)80-40(10)54(72)66(12)47(29-37(5)6)59(77)81-49(55(73)67(45)13)31-41-15-19-43(20-16-41)33-69-51(61)23-25-63-69/h15-26,35-40,45-50H,27-34,61-62H2,1-14H3/t39-,40-,45+,46+,47+,48+,49-,50-/m1/s1. The maximum atomic E-state index is 15.0. The third-order valence-electron chi connectivity index (χ3n) is 14.5. The number of esters is 4. The van der Waals surface area contributed by atoms with Crippen LogP contribution in [0.2, 0.25) is 0 Å². The van der Waals surface area contributed by atoms with E-state index in [9.17, 15) is 38.4 Å². The molecule has 0 bridgehead atoms. The summed E-state index contributed by atoms with van der Waals surface area (Å²) in [7, 11) is 5.52. The van der Waals surface area contributed by atoms with E-state index in [1.54, 1.807) is 58.2 Å². The van der Waals surface area contributed by atoms with Crippen LogP contribution in [0.5, 0.6) is 0 Å². The number of carbonyl (C=O) groups is 8. The van der Waals surface area contributed by atoms with E-state index in [1.165, 1.54) is 42.0 Å². The summed E-state index contributed by atoms with van der Waals surface area (Å²) in [5, 5.41) is 8.50. The van der Waals surface area contributed by atoms with Crippen LogP contribution < -0.4 is 11.5 Å². The molecule has 2 aromatic heterocycles. The van der Waals surface area contributed by atoms with Crippen molar-refractivity contribution in [1.82, 2.24) is 39.2 Å². The van der Waals surface area contributed by atoms with Crippen LogP contribution >= 0.6 is 0 Å². The molecule has 0 unspecified atom stereocenters. The quantitative estimate of drug-likeness (QED) is 0.106. The van der Waals surface area contributed by atoms with Crippen LogP contribution in [0, 0.1) is 23.7 Å². The summed E-state index contributed by atoms with van der Waals surface area (Å²) in [6.45, 7) is 18.2.